The summed E-state index contributed by atoms with van der Waals surface area (Å²) in [7, 11) is 0. The van der Waals surface area contributed by atoms with Crippen LogP contribution in [0.2, 0.25) is 0 Å². The second-order valence-electron chi connectivity index (χ2n) is 10.9. The van der Waals surface area contributed by atoms with Crippen LogP contribution in [0.15, 0.2) is 156 Å². The molecule has 0 aliphatic rings. The predicted molar refractivity (Wildman–Crippen MR) is 184 cm³/mol. The Hall–Kier alpha value is -5.38. The third-order valence-electron chi connectivity index (χ3n) is 8.47. The number of anilines is 3. The van der Waals surface area contributed by atoms with E-state index in [0.717, 1.165) is 50.1 Å². The Balaban J connectivity index is 1.34. The summed E-state index contributed by atoms with van der Waals surface area (Å²) in [6, 6.07) is 54.3. The van der Waals surface area contributed by atoms with E-state index in [-0.39, 0.29) is 0 Å². The third kappa shape index (κ3) is 3.79. The molecule has 0 unspecified atom stereocenters. The lowest BCUT2D eigenvalue weighted by atomic mass is 9.98. The van der Waals surface area contributed by atoms with Crippen molar-refractivity contribution in [2.45, 2.75) is 0 Å². The highest BCUT2D eigenvalue weighted by atomic mass is 32.1. The molecular weight excluding hydrogens is 543 g/mol. The fourth-order valence-corrected chi connectivity index (χ4v) is 7.66. The number of para-hydroxylation sites is 3. The van der Waals surface area contributed by atoms with E-state index in [1.54, 1.807) is 0 Å². The fourth-order valence-electron chi connectivity index (χ4n) is 6.52. The lowest BCUT2D eigenvalue weighted by Gasteiger charge is -2.29. The Morgan fingerprint density at radius 1 is 0.442 bits per heavy atom. The highest BCUT2D eigenvalue weighted by molar-refractivity contribution is 7.25. The standard InChI is InChI=1S/C40H25NOS/c1-2-13-28-26(11-1)12-9-20-35(28)41(27-23-24-32-31-16-5-8-22-38(31)43-39(32)25-27)36-19-6-3-14-29(36)33-17-10-18-34-30-15-4-7-21-37(30)42-40(33)34/h1-25H. The van der Waals surface area contributed by atoms with Gasteiger partial charge in [-0.3, -0.25) is 0 Å². The van der Waals surface area contributed by atoms with Crippen molar-refractivity contribution in [1.82, 2.24) is 0 Å². The molecule has 0 aliphatic heterocycles. The first-order chi connectivity index (χ1) is 21.3. The van der Waals surface area contributed by atoms with Gasteiger partial charge in [-0.2, -0.15) is 0 Å². The maximum atomic E-state index is 6.53. The van der Waals surface area contributed by atoms with Gasteiger partial charge < -0.3 is 9.32 Å². The summed E-state index contributed by atoms with van der Waals surface area (Å²) in [6.45, 7) is 0. The average Bonchev–Trinajstić information content (AvgIpc) is 3.63. The van der Waals surface area contributed by atoms with Crippen LogP contribution in [0, 0.1) is 0 Å². The molecule has 2 aromatic heterocycles. The Kier molecular flexibility index (Phi) is 5.40. The molecule has 2 nitrogen and oxygen atoms in total. The largest absolute Gasteiger partial charge is 0.455 e. The van der Waals surface area contributed by atoms with E-state index in [1.165, 1.54) is 30.9 Å². The first-order valence-electron chi connectivity index (χ1n) is 14.5. The minimum atomic E-state index is 0.906. The highest BCUT2D eigenvalue weighted by Crippen LogP contribution is 2.47. The fraction of sp³-hybridized carbons (Fsp3) is 0. The van der Waals surface area contributed by atoms with Gasteiger partial charge in [0.15, 0.2) is 0 Å². The van der Waals surface area contributed by atoms with Crippen molar-refractivity contribution in [2.75, 3.05) is 4.90 Å². The summed E-state index contributed by atoms with van der Waals surface area (Å²) in [6.07, 6.45) is 0. The van der Waals surface area contributed by atoms with Crippen molar-refractivity contribution in [1.29, 1.82) is 0 Å². The van der Waals surface area contributed by atoms with Gasteiger partial charge in [-0.25, -0.2) is 0 Å². The summed E-state index contributed by atoms with van der Waals surface area (Å²) in [4.78, 5) is 2.42. The number of fused-ring (bicyclic) bond motifs is 7. The normalized spacial score (nSPS) is 11.7. The highest BCUT2D eigenvalue weighted by Gasteiger charge is 2.22. The predicted octanol–water partition coefficient (Wildman–Crippen LogP) is 12.2. The average molecular weight is 568 g/mol. The third-order valence-corrected chi connectivity index (χ3v) is 9.60. The van der Waals surface area contributed by atoms with Crippen molar-refractivity contribution in [3.8, 4) is 11.1 Å². The number of rotatable bonds is 4. The van der Waals surface area contributed by atoms with Crippen LogP contribution in [0.3, 0.4) is 0 Å². The summed E-state index contributed by atoms with van der Waals surface area (Å²) < 4.78 is 9.12. The van der Waals surface area contributed by atoms with Gasteiger partial charge in [-0.05, 0) is 41.8 Å². The van der Waals surface area contributed by atoms with Crippen molar-refractivity contribution in [3.05, 3.63) is 152 Å². The van der Waals surface area contributed by atoms with E-state index in [1.807, 2.05) is 23.5 Å². The lowest BCUT2D eigenvalue weighted by molar-refractivity contribution is 0.670. The number of thiophene rings is 1. The molecule has 9 aromatic rings. The van der Waals surface area contributed by atoms with Gasteiger partial charge in [0.05, 0.1) is 11.4 Å². The molecule has 7 aromatic carbocycles. The van der Waals surface area contributed by atoms with E-state index in [0.29, 0.717) is 0 Å². The molecule has 0 atom stereocenters. The summed E-state index contributed by atoms with van der Waals surface area (Å²) in [5.74, 6) is 0. The lowest BCUT2D eigenvalue weighted by Crippen LogP contribution is -2.11. The molecule has 2 heterocycles. The molecule has 0 radical (unpaired) electrons. The summed E-state index contributed by atoms with van der Waals surface area (Å²) in [5, 5.41) is 7.29. The molecule has 0 saturated carbocycles. The van der Waals surface area contributed by atoms with Gasteiger partial charge in [-0.15, -0.1) is 11.3 Å². The molecule has 0 bridgehead atoms. The van der Waals surface area contributed by atoms with Crippen LogP contribution < -0.4 is 4.90 Å². The van der Waals surface area contributed by atoms with E-state index in [9.17, 15) is 0 Å². The zero-order chi connectivity index (χ0) is 28.3. The van der Waals surface area contributed by atoms with Crippen molar-refractivity contribution < 1.29 is 4.42 Å². The van der Waals surface area contributed by atoms with Crippen LogP contribution in [-0.4, -0.2) is 0 Å². The molecule has 0 fully saturated rings. The Morgan fingerprint density at radius 2 is 1.09 bits per heavy atom. The van der Waals surface area contributed by atoms with Crippen molar-refractivity contribution in [3.63, 3.8) is 0 Å². The van der Waals surface area contributed by atoms with Crippen molar-refractivity contribution in [2.24, 2.45) is 0 Å². The van der Waals surface area contributed by atoms with Gasteiger partial charge in [0, 0.05) is 53.1 Å². The second-order valence-corrected chi connectivity index (χ2v) is 12.0. The molecule has 9 rings (SSSR count). The number of furan rings is 1. The maximum Gasteiger partial charge on any atom is 0.143 e. The summed E-state index contributed by atoms with van der Waals surface area (Å²) >= 11 is 1.85. The van der Waals surface area contributed by atoms with Gasteiger partial charge in [-0.1, -0.05) is 115 Å². The zero-order valence-corrected chi connectivity index (χ0v) is 24.0. The van der Waals surface area contributed by atoms with Gasteiger partial charge >= 0.3 is 0 Å². The first kappa shape index (κ1) is 24.2. The quantitative estimate of drug-likeness (QED) is 0.210. The molecule has 0 N–H and O–H groups in total. The topological polar surface area (TPSA) is 16.4 Å². The zero-order valence-electron chi connectivity index (χ0n) is 23.2. The molecule has 0 aliphatic carbocycles. The number of hydrogen-bond acceptors (Lipinski definition) is 3. The van der Waals surface area contributed by atoms with Crippen LogP contribution in [-0.2, 0) is 0 Å². The molecule has 3 heteroatoms. The van der Waals surface area contributed by atoms with Gasteiger partial charge in [0.25, 0.3) is 0 Å². The summed E-state index contributed by atoms with van der Waals surface area (Å²) in [5.41, 5.74) is 7.39. The van der Waals surface area contributed by atoms with E-state index in [4.69, 9.17) is 4.42 Å². The number of benzene rings is 7. The van der Waals surface area contributed by atoms with E-state index in [2.05, 4.69) is 144 Å². The molecule has 0 saturated heterocycles. The van der Waals surface area contributed by atoms with Crippen molar-refractivity contribution >= 4 is 81.3 Å². The molecule has 0 spiro atoms. The van der Waals surface area contributed by atoms with Crippen LogP contribution in [0.1, 0.15) is 0 Å². The SMILES string of the molecule is c1ccc(N(c2ccc3c(c2)sc2ccccc23)c2cccc3ccccc23)c(-c2cccc3c2oc2ccccc23)c1. The van der Waals surface area contributed by atoms with Crippen LogP contribution >= 0.6 is 11.3 Å². The Morgan fingerprint density at radius 3 is 2.05 bits per heavy atom. The second kappa shape index (κ2) is 9.59. The Bertz CT molecular complexity index is 2480. The maximum absolute atomic E-state index is 6.53. The van der Waals surface area contributed by atoms with E-state index < -0.39 is 0 Å². The van der Waals surface area contributed by atoms with Crippen LogP contribution in [0.25, 0.3) is 64.0 Å². The number of nitrogens with zero attached hydrogens (tertiary/aromatic N) is 1. The minimum absolute atomic E-state index is 0.906. The van der Waals surface area contributed by atoms with Gasteiger partial charge in [0.2, 0.25) is 0 Å². The van der Waals surface area contributed by atoms with Gasteiger partial charge in [0.1, 0.15) is 11.2 Å². The molecule has 0 amide bonds. The monoisotopic (exact) mass is 567 g/mol. The first-order valence-corrected chi connectivity index (χ1v) is 15.3. The Labute approximate surface area is 252 Å². The molecule has 202 valence electrons. The molecule has 43 heavy (non-hydrogen) atoms. The molecular formula is C40H25NOS. The minimum Gasteiger partial charge on any atom is -0.455 e. The number of hydrogen-bond donors (Lipinski definition) is 0. The van der Waals surface area contributed by atoms with Crippen LogP contribution in [0.5, 0.6) is 0 Å². The smallest absolute Gasteiger partial charge is 0.143 e. The van der Waals surface area contributed by atoms with E-state index >= 15 is 0 Å². The van der Waals surface area contributed by atoms with Crippen LogP contribution in [0.4, 0.5) is 17.1 Å².